The first-order chi connectivity index (χ1) is 10.8. The third kappa shape index (κ3) is 3.37. The Balaban J connectivity index is 1.72. The number of fused-ring (bicyclic) bond motifs is 1. The molecule has 0 saturated carbocycles. The van der Waals surface area contributed by atoms with Crippen molar-refractivity contribution in [3.8, 4) is 11.5 Å². The van der Waals surface area contributed by atoms with Crippen molar-refractivity contribution in [3.63, 3.8) is 0 Å². The molecule has 1 unspecified atom stereocenters. The van der Waals surface area contributed by atoms with Gasteiger partial charge in [0.1, 0.15) is 0 Å². The Morgan fingerprint density at radius 3 is 2.64 bits per heavy atom. The summed E-state index contributed by atoms with van der Waals surface area (Å²) in [6, 6.07) is 4.67. The highest BCUT2D eigenvalue weighted by Crippen LogP contribution is 2.36. The number of benzene rings is 1. The molecule has 1 aromatic carbocycles. The van der Waals surface area contributed by atoms with E-state index in [0.717, 1.165) is 63.7 Å². The van der Waals surface area contributed by atoms with Gasteiger partial charge < -0.3 is 19.5 Å². The molecule has 1 saturated heterocycles. The van der Waals surface area contributed by atoms with Crippen LogP contribution < -0.4 is 14.8 Å². The van der Waals surface area contributed by atoms with Crippen molar-refractivity contribution in [2.45, 2.75) is 18.9 Å². The van der Waals surface area contributed by atoms with E-state index in [4.69, 9.17) is 14.2 Å². The molecule has 0 radical (unpaired) electrons. The van der Waals surface area contributed by atoms with Crippen LogP contribution in [-0.4, -0.2) is 58.5 Å². The Morgan fingerprint density at radius 2 is 1.91 bits per heavy atom. The molecule has 0 bridgehead atoms. The summed E-state index contributed by atoms with van der Waals surface area (Å²) in [6.07, 6.45) is 2.16. The van der Waals surface area contributed by atoms with Crippen LogP contribution >= 0.6 is 0 Å². The van der Waals surface area contributed by atoms with Crippen molar-refractivity contribution < 1.29 is 14.2 Å². The SMILES string of the molecule is COc1cc2c(cc1OC)C(CCN1CCOCC1)NCC2. The van der Waals surface area contributed by atoms with Crippen LogP contribution in [0.1, 0.15) is 23.6 Å². The minimum Gasteiger partial charge on any atom is -0.493 e. The number of hydrogen-bond acceptors (Lipinski definition) is 5. The van der Waals surface area contributed by atoms with E-state index in [2.05, 4.69) is 22.3 Å². The van der Waals surface area contributed by atoms with E-state index in [1.54, 1.807) is 14.2 Å². The summed E-state index contributed by atoms with van der Waals surface area (Å²) in [5.74, 6) is 1.65. The zero-order valence-corrected chi connectivity index (χ0v) is 13.6. The number of nitrogens with one attached hydrogen (secondary N) is 1. The van der Waals surface area contributed by atoms with Crippen LogP contribution in [0.4, 0.5) is 0 Å². The molecule has 0 amide bonds. The summed E-state index contributed by atoms with van der Waals surface area (Å²) in [4.78, 5) is 2.49. The Hall–Kier alpha value is -1.30. The van der Waals surface area contributed by atoms with Gasteiger partial charge in [-0.15, -0.1) is 0 Å². The highest BCUT2D eigenvalue weighted by molar-refractivity contribution is 5.49. The lowest BCUT2D eigenvalue weighted by Crippen LogP contribution is -2.39. The summed E-state index contributed by atoms with van der Waals surface area (Å²) < 4.78 is 16.3. The number of rotatable bonds is 5. The maximum absolute atomic E-state index is 5.47. The smallest absolute Gasteiger partial charge is 0.161 e. The molecule has 0 aliphatic carbocycles. The van der Waals surface area contributed by atoms with Crippen molar-refractivity contribution in [2.75, 3.05) is 53.6 Å². The first kappa shape index (κ1) is 15.6. The second-order valence-electron chi connectivity index (χ2n) is 5.91. The van der Waals surface area contributed by atoms with Crippen LogP contribution in [0.3, 0.4) is 0 Å². The molecule has 0 aromatic heterocycles. The molecule has 2 aliphatic rings. The van der Waals surface area contributed by atoms with Gasteiger partial charge in [-0.2, -0.15) is 0 Å². The zero-order valence-electron chi connectivity index (χ0n) is 13.6. The van der Waals surface area contributed by atoms with Crippen LogP contribution in [-0.2, 0) is 11.2 Å². The van der Waals surface area contributed by atoms with Gasteiger partial charge in [-0.05, 0) is 42.6 Å². The molecular weight excluding hydrogens is 280 g/mol. The van der Waals surface area contributed by atoms with Crippen molar-refractivity contribution in [3.05, 3.63) is 23.3 Å². The largest absolute Gasteiger partial charge is 0.493 e. The Morgan fingerprint density at radius 1 is 1.18 bits per heavy atom. The third-order valence-electron chi connectivity index (χ3n) is 4.64. The van der Waals surface area contributed by atoms with Gasteiger partial charge in [-0.1, -0.05) is 0 Å². The zero-order chi connectivity index (χ0) is 15.4. The van der Waals surface area contributed by atoms with Crippen LogP contribution in [0.2, 0.25) is 0 Å². The van der Waals surface area contributed by atoms with E-state index >= 15 is 0 Å². The summed E-state index contributed by atoms with van der Waals surface area (Å²) in [5, 5.41) is 3.65. The summed E-state index contributed by atoms with van der Waals surface area (Å²) in [6.45, 7) is 5.95. The van der Waals surface area contributed by atoms with Crippen molar-refractivity contribution in [1.29, 1.82) is 0 Å². The lowest BCUT2D eigenvalue weighted by Gasteiger charge is -2.32. The van der Waals surface area contributed by atoms with E-state index in [0.29, 0.717) is 6.04 Å². The second kappa shape index (κ2) is 7.31. The van der Waals surface area contributed by atoms with Crippen LogP contribution in [0.5, 0.6) is 11.5 Å². The van der Waals surface area contributed by atoms with Gasteiger partial charge in [-0.3, -0.25) is 4.90 Å². The van der Waals surface area contributed by atoms with Gasteiger partial charge >= 0.3 is 0 Å². The molecule has 2 heterocycles. The highest BCUT2D eigenvalue weighted by Gasteiger charge is 2.23. The van der Waals surface area contributed by atoms with Gasteiger partial charge in [0.2, 0.25) is 0 Å². The Bertz CT molecular complexity index is 501. The lowest BCUT2D eigenvalue weighted by atomic mass is 9.91. The minimum atomic E-state index is 0.395. The van der Waals surface area contributed by atoms with Gasteiger partial charge in [0.25, 0.3) is 0 Å². The van der Waals surface area contributed by atoms with E-state index in [1.807, 2.05) is 0 Å². The standard InChI is InChI=1S/C17H26N2O3/c1-20-16-11-13-3-5-18-15(14(13)12-17(16)21-2)4-6-19-7-9-22-10-8-19/h11-12,15,18H,3-10H2,1-2H3. The quantitative estimate of drug-likeness (QED) is 0.895. The molecule has 3 rings (SSSR count). The van der Waals surface area contributed by atoms with Crippen molar-refractivity contribution >= 4 is 0 Å². The average Bonchev–Trinajstić information content (AvgIpc) is 2.59. The fourth-order valence-corrected chi connectivity index (χ4v) is 3.36. The normalized spacial score (nSPS) is 22.2. The summed E-state index contributed by atoms with van der Waals surface area (Å²) in [7, 11) is 3.39. The second-order valence-corrected chi connectivity index (χ2v) is 5.91. The van der Waals surface area contributed by atoms with Gasteiger partial charge in [0.05, 0.1) is 27.4 Å². The van der Waals surface area contributed by atoms with Crippen molar-refractivity contribution in [2.24, 2.45) is 0 Å². The summed E-state index contributed by atoms with van der Waals surface area (Å²) >= 11 is 0. The van der Waals surface area contributed by atoms with E-state index in [-0.39, 0.29) is 0 Å². The maximum Gasteiger partial charge on any atom is 0.161 e. The number of morpholine rings is 1. The molecular formula is C17H26N2O3. The third-order valence-corrected chi connectivity index (χ3v) is 4.64. The minimum absolute atomic E-state index is 0.395. The fraction of sp³-hybridized carbons (Fsp3) is 0.647. The monoisotopic (exact) mass is 306 g/mol. The van der Waals surface area contributed by atoms with E-state index in [1.165, 1.54) is 11.1 Å². The van der Waals surface area contributed by atoms with Gasteiger partial charge in [0.15, 0.2) is 11.5 Å². The molecule has 2 aliphatic heterocycles. The topological polar surface area (TPSA) is 43.0 Å². The molecule has 1 fully saturated rings. The predicted molar refractivity (Wildman–Crippen MR) is 85.9 cm³/mol. The molecule has 122 valence electrons. The first-order valence-electron chi connectivity index (χ1n) is 8.10. The predicted octanol–water partition coefficient (Wildman–Crippen LogP) is 1.61. The highest BCUT2D eigenvalue weighted by atomic mass is 16.5. The van der Waals surface area contributed by atoms with Gasteiger partial charge in [-0.25, -0.2) is 0 Å². The number of ether oxygens (including phenoxy) is 3. The first-order valence-corrected chi connectivity index (χ1v) is 8.10. The molecule has 22 heavy (non-hydrogen) atoms. The molecule has 0 spiro atoms. The number of nitrogens with zero attached hydrogens (tertiary/aromatic N) is 1. The lowest BCUT2D eigenvalue weighted by molar-refractivity contribution is 0.0360. The molecule has 1 aromatic rings. The fourth-order valence-electron chi connectivity index (χ4n) is 3.36. The van der Waals surface area contributed by atoms with Crippen LogP contribution in [0, 0.1) is 0 Å². The van der Waals surface area contributed by atoms with Gasteiger partial charge in [0, 0.05) is 25.7 Å². The molecule has 1 atom stereocenters. The summed E-state index contributed by atoms with van der Waals surface area (Å²) in [5.41, 5.74) is 2.74. The van der Waals surface area contributed by atoms with Crippen LogP contribution in [0.15, 0.2) is 12.1 Å². The molecule has 5 heteroatoms. The average molecular weight is 306 g/mol. The van der Waals surface area contributed by atoms with Crippen LogP contribution in [0.25, 0.3) is 0 Å². The Kier molecular flexibility index (Phi) is 5.18. The maximum atomic E-state index is 5.47. The van der Waals surface area contributed by atoms with Crippen molar-refractivity contribution in [1.82, 2.24) is 10.2 Å². The van der Waals surface area contributed by atoms with E-state index < -0.39 is 0 Å². The Labute approximate surface area is 132 Å². The molecule has 5 nitrogen and oxygen atoms in total. The molecule has 1 N–H and O–H groups in total. The number of methoxy groups -OCH3 is 2. The number of hydrogen-bond donors (Lipinski definition) is 1. The van der Waals surface area contributed by atoms with E-state index in [9.17, 15) is 0 Å².